The number of halogens is 6. The molecule has 0 heterocycles. The van der Waals surface area contributed by atoms with Crippen LogP contribution in [0.15, 0.2) is 12.1 Å². The summed E-state index contributed by atoms with van der Waals surface area (Å²) in [4.78, 5) is 0. The van der Waals surface area contributed by atoms with Crippen LogP contribution in [0.1, 0.15) is 22.9 Å². The van der Waals surface area contributed by atoms with E-state index in [0.29, 0.717) is 12.1 Å². The second-order valence-corrected chi connectivity index (χ2v) is 3.99. The summed E-state index contributed by atoms with van der Waals surface area (Å²) >= 11 is 0. The van der Waals surface area contributed by atoms with E-state index in [-0.39, 0.29) is 11.1 Å². The first-order valence-corrected chi connectivity index (χ1v) is 5.04. The molecule has 108 valence electrons. The highest BCUT2D eigenvalue weighted by molar-refractivity contribution is 5.43. The van der Waals surface area contributed by atoms with Crippen LogP contribution in [0.5, 0.6) is 5.75 Å². The fraction of sp³-hybridized carbons (Fsp3) is 0.455. The maximum absolute atomic E-state index is 13.4. The number of aliphatic hydroxyl groups excluding tert-OH is 1. The molecule has 0 aliphatic carbocycles. The normalized spacial score (nSPS) is 14.5. The van der Waals surface area contributed by atoms with Gasteiger partial charge in [0.05, 0.1) is 6.61 Å². The number of alkyl halides is 6. The standard InChI is InChI=1S/C11H10F6O2/c1-5-2-6(3-7(4-18)8(5)19)9(12)10(13,14)11(15,16)17/h2-3,9,18-19H,4H2,1H3. The topological polar surface area (TPSA) is 40.5 Å². The Labute approximate surface area is 104 Å². The van der Waals surface area contributed by atoms with Gasteiger partial charge in [-0.2, -0.15) is 22.0 Å². The van der Waals surface area contributed by atoms with Crippen molar-refractivity contribution in [2.24, 2.45) is 0 Å². The quantitative estimate of drug-likeness (QED) is 0.837. The SMILES string of the molecule is Cc1cc(C(F)C(F)(F)C(F)(F)F)cc(CO)c1O. The number of aliphatic hydroxyl groups is 1. The van der Waals surface area contributed by atoms with Crippen LogP contribution in [-0.2, 0) is 6.61 Å². The third kappa shape index (κ3) is 2.78. The summed E-state index contributed by atoms with van der Waals surface area (Å²) in [6.45, 7) is 0.376. The van der Waals surface area contributed by atoms with Crippen molar-refractivity contribution < 1.29 is 36.6 Å². The summed E-state index contributed by atoms with van der Waals surface area (Å²) in [6.07, 6.45) is -9.64. The molecule has 0 spiro atoms. The molecule has 0 fully saturated rings. The van der Waals surface area contributed by atoms with E-state index in [9.17, 15) is 31.4 Å². The molecule has 2 nitrogen and oxygen atoms in total. The highest BCUT2D eigenvalue weighted by atomic mass is 19.4. The van der Waals surface area contributed by atoms with Crippen LogP contribution >= 0.6 is 0 Å². The summed E-state index contributed by atoms with van der Waals surface area (Å²) in [6, 6.07) is 1.26. The molecule has 0 aromatic heterocycles. The largest absolute Gasteiger partial charge is 0.507 e. The Hall–Kier alpha value is -1.44. The maximum Gasteiger partial charge on any atom is 0.456 e. The van der Waals surface area contributed by atoms with E-state index in [1.807, 2.05) is 0 Å². The van der Waals surface area contributed by atoms with Gasteiger partial charge in [-0.15, -0.1) is 0 Å². The Kier molecular flexibility index (Phi) is 4.04. The van der Waals surface area contributed by atoms with Crippen molar-refractivity contribution >= 4 is 0 Å². The molecule has 0 aliphatic heterocycles. The van der Waals surface area contributed by atoms with E-state index in [2.05, 4.69) is 0 Å². The van der Waals surface area contributed by atoms with Gasteiger partial charge in [-0.25, -0.2) is 4.39 Å². The van der Waals surface area contributed by atoms with Crippen molar-refractivity contribution in [3.8, 4) is 5.75 Å². The van der Waals surface area contributed by atoms with Crippen LogP contribution in [-0.4, -0.2) is 22.3 Å². The Morgan fingerprint density at radius 2 is 1.68 bits per heavy atom. The molecule has 0 aliphatic rings. The number of rotatable bonds is 3. The van der Waals surface area contributed by atoms with Crippen molar-refractivity contribution in [2.75, 3.05) is 0 Å². The minimum Gasteiger partial charge on any atom is -0.507 e. The van der Waals surface area contributed by atoms with E-state index >= 15 is 0 Å². The van der Waals surface area contributed by atoms with Gasteiger partial charge in [0.25, 0.3) is 0 Å². The molecule has 0 amide bonds. The number of aromatic hydroxyl groups is 1. The molecule has 1 atom stereocenters. The summed E-state index contributed by atoms with van der Waals surface area (Å²) < 4.78 is 75.2. The second-order valence-electron chi connectivity index (χ2n) is 3.99. The lowest BCUT2D eigenvalue weighted by Gasteiger charge is -2.24. The average Bonchev–Trinajstić information content (AvgIpc) is 2.30. The Balaban J connectivity index is 3.28. The predicted octanol–water partition coefficient (Wildman–Crippen LogP) is 3.40. The zero-order chi connectivity index (χ0) is 15.0. The van der Waals surface area contributed by atoms with Gasteiger partial charge in [0.2, 0.25) is 0 Å². The highest BCUT2D eigenvalue weighted by Crippen LogP contribution is 2.47. The second kappa shape index (κ2) is 4.92. The Morgan fingerprint density at radius 1 is 1.16 bits per heavy atom. The first kappa shape index (κ1) is 15.6. The third-order valence-electron chi connectivity index (χ3n) is 2.56. The van der Waals surface area contributed by atoms with Gasteiger partial charge in [-0.3, -0.25) is 0 Å². The molecule has 19 heavy (non-hydrogen) atoms. The van der Waals surface area contributed by atoms with E-state index in [0.717, 1.165) is 0 Å². The summed E-state index contributed by atoms with van der Waals surface area (Å²) in [5, 5.41) is 18.2. The molecule has 0 radical (unpaired) electrons. The van der Waals surface area contributed by atoms with Gasteiger partial charge in [0.1, 0.15) is 5.75 Å². The minimum atomic E-state index is -6.03. The number of hydrogen-bond acceptors (Lipinski definition) is 2. The number of aryl methyl sites for hydroxylation is 1. The molecule has 8 heteroatoms. The van der Waals surface area contributed by atoms with Crippen LogP contribution in [0.25, 0.3) is 0 Å². The smallest absolute Gasteiger partial charge is 0.456 e. The van der Waals surface area contributed by atoms with Crippen LogP contribution < -0.4 is 0 Å². The van der Waals surface area contributed by atoms with E-state index in [1.165, 1.54) is 6.92 Å². The predicted molar refractivity (Wildman–Crippen MR) is 53.6 cm³/mol. The van der Waals surface area contributed by atoms with Crippen molar-refractivity contribution in [1.82, 2.24) is 0 Å². The first-order valence-electron chi connectivity index (χ1n) is 5.04. The molecular weight excluding hydrogens is 278 g/mol. The maximum atomic E-state index is 13.4. The summed E-state index contributed by atoms with van der Waals surface area (Å²) in [7, 11) is 0. The van der Waals surface area contributed by atoms with E-state index < -0.39 is 36.2 Å². The van der Waals surface area contributed by atoms with Crippen molar-refractivity contribution in [3.05, 3.63) is 28.8 Å². The number of hydrogen-bond donors (Lipinski definition) is 2. The fourth-order valence-corrected chi connectivity index (χ4v) is 1.50. The lowest BCUT2D eigenvalue weighted by Crippen LogP contribution is -2.40. The molecule has 1 aromatic carbocycles. The molecule has 2 N–H and O–H groups in total. The van der Waals surface area contributed by atoms with Gasteiger partial charge in [-0.05, 0) is 30.2 Å². The zero-order valence-corrected chi connectivity index (χ0v) is 9.60. The van der Waals surface area contributed by atoms with Gasteiger partial charge in [-0.1, -0.05) is 0 Å². The van der Waals surface area contributed by atoms with Crippen LogP contribution in [0, 0.1) is 6.92 Å². The van der Waals surface area contributed by atoms with Gasteiger partial charge < -0.3 is 10.2 Å². The average molecular weight is 288 g/mol. The summed E-state index contributed by atoms with van der Waals surface area (Å²) in [5.41, 5.74) is -1.39. The lowest BCUT2D eigenvalue weighted by molar-refractivity contribution is -0.305. The van der Waals surface area contributed by atoms with Gasteiger partial charge >= 0.3 is 12.1 Å². The molecule has 1 unspecified atom stereocenters. The number of benzene rings is 1. The van der Waals surface area contributed by atoms with E-state index in [1.54, 1.807) is 0 Å². The zero-order valence-electron chi connectivity index (χ0n) is 9.60. The molecule has 0 saturated carbocycles. The molecular formula is C11H10F6O2. The van der Waals surface area contributed by atoms with Crippen molar-refractivity contribution in [2.45, 2.75) is 31.8 Å². The van der Waals surface area contributed by atoms with Crippen LogP contribution in [0.2, 0.25) is 0 Å². The third-order valence-corrected chi connectivity index (χ3v) is 2.56. The van der Waals surface area contributed by atoms with Crippen molar-refractivity contribution in [1.29, 1.82) is 0 Å². The van der Waals surface area contributed by atoms with Crippen LogP contribution in [0.4, 0.5) is 26.3 Å². The number of phenols is 1. The van der Waals surface area contributed by atoms with Gasteiger partial charge in [0, 0.05) is 5.56 Å². The minimum absolute atomic E-state index is 0.109. The fourth-order valence-electron chi connectivity index (χ4n) is 1.50. The van der Waals surface area contributed by atoms with Crippen LogP contribution in [0.3, 0.4) is 0 Å². The summed E-state index contributed by atoms with van der Waals surface area (Å²) in [5.74, 6) is -6.03. The molecule has 1 rings (SSSR count). The Morgan fingerprint density at radius 3 is 2.11 bits per heavy atom. The lowest BCUT2D eigenvalue weighted by atomic mass is 9.98. The molecule has 0 saturated heterocycles. The monoisotopic (exact) mass is 288 g/mol. The van der Waals surface area contributed by atoms with Crippen molar-refractivity contribution in [3.63, 3.8) is 0 Å². The highest BCUT2D eigenvalue weighted by Gasteiger charge is 2.63. The Bertz CT molecular complexity index is 469. The van der Waals surface area contributed by atoms with Gasteiger partial charge in [0.15, 0.2) is 6.17 Å². The van der Waals surface area contributed by atoms with E-state index in [4.69, 9.17) is 5.11 Å². The first-order chi connectivity index (χ1) is 8.52. The molecule has 1 aromatic rings. The molecule has 0 bridgehead atoms.